The van der Waals surface area contributed by atoms with Gasteiger partial charge in [-0.15, -0.1) is 0 Å². The summed E-state index contributed by atoms with van der Waals surface area (Å²) in [5.74, 6) is 0.339. The number of benzene rings is 1. The largest absolute Gasteiger partial charge is 0.464 e. The van der Waals surface area contributed by atoms with Crippen molar-refractivity contribution in [3.63, 3.8) is 0 Å². The van der Waals surface area contributed by atoms with Crippen molar-refractivity contribution in [3.8, 4) is 5.75 Å². The first-order valence-electron chi connectivity index (χ1n) is 5.46. The van der Waals surface area contributed by atoms with Crippen LogP contribution in [0.3, 0.4) is 0 Å². The number of hydrogen-bond acceptors (Lipinski definition) is 3. The van der Waals surface area contributed by atoms with E-state index in [9.17, 15) is 4.39 Å². The van der Waals surface area contributed by atoms with Crippen LogP contribution in [0.25, 0.3) is 0 Å². The second kappa shape index (κ2) is 5.42. The maximum atomic E-state index is 13.5. The molecule has 1 aliphatic carbocycles. The number of ether oxygens (including phenoxy) is 2. The Morgan fingerprint density at radius 1 is 1.47 bits per heavy atom. The molecule has 0 aliphatic heterocycles. The normalized spacial score (nSPS) is 14.6. The average molecular weight is 255 g/mol. The molecule has 0 spiro atoms. The third-order valence-electron chi connectivity index (χ3n) is 2.56. The maximum Gasteiger partial charge on any atom is 0.189 e. The SMILES string of the molecule is NC(=S)c1ccc(OCOCC2CC2)c(F)c1. The number of hydrogen-bond donors (Lipinski definition) is 1. The first-order chi connectivity index (χ1) is 8.16. The van der Waals surface area contributed by atoms with Crippen LogP contribution < -0.4 is 10.5 Å². The lowest BCUT2D eigenvalue weighted by Gasteiger charge is -2.08. The van der Waals surface area contributed by atoms with Gasteiger partial charge in [-0.1, -0.05) is 12.2 Å². The van der Waals surface area contributed by atoms with Gasteiger partial charge in [0.25, 0.3) is 0 Å². The number of rotatable bonds is 6. The van der Waals surface area contributed by atoms with Crippen molar-refractivity contribution < 1.29 is 13.9 Å². The van der Waals surface area contributed by atoms with Crippen LogP contribution >= 0.6 is 12.2 Å². The van der Waals surface area contributed by atoms with E-state index in [1.807, 2.05) is 0 Å². The fourth-order valence-corrected chi connectivity index (χ4v) is 1.50. The topological polar surface area (TPSA) is 44.5 Å². The predicted octanol–water partition coefficient (Wildman–Crippen LogP) is 2.22. The lowest BCUT2D eigenvalue weighted by atomic mass is 10.2. The van der Waals surface area contributed by atoms with Crippen LogP contribution in [0.4, 0.5) is 4.39 Å². The smallest absolute Gasteiger partial charge is 0.189 e. The highest BCUT2D eigenvalue weighted by atomic mass is 32.1. The van der Waals surface area contributed by atoms with Gasteiger partial charge in [-0.05, 0) is 37.0 Å². The third kappa shape index (κ3) is 3.64. The summed E-state index contributed by atoms with van der Waals surface area (Å²) in [7, 11) is 0. The van der Waals surface area contributed by atoms with Gasteiger partial charge < -0.3 is 15.2 Å². The Kier molecular flexibility index (Phi) is 3.91. The van der Waals surface area contributed by atoms with Crippen LogP contribution in [0.1, 0.15) is 18.4 Å². The van der Waals surface area contributed by atoms with Crippen LogP contribution in [-0.4, -0.2) is 18.4 Å². The van der Waals surface area contributed by atoms with Gasteiger partial charge in [0.15, 0.2) is 18.4 Å². The van der Waals surface area contributed by atoms with Crippen molar-refractivity contribution in [2.75, 3.05) is 13.4 Å². The number of nitrogens with two attached hydrogens (primary N) is 1. The van der Waals surface area contributed by atoms with E-state index >= 15 is 0 Å². The van der Waals surface area contributed by atoms with E-state index in [0.717, 1.165) is 0 Å². The summed E-state index contributed by atoms with van der Waals surface area (Å²) in [6.45, 7) is 0.756. The van der Waals surface area contributed by atoms with Crippen molar-refractivity contribution >= 4 is 17.2 Å². The molecule has 5 heteroatoms. The second-order valence-corrected chi connectivity index (χ2v) is 4.53. The molecule has 0 saturated heterocycles. The molecule has 2 N–H and O–H groups in total. The van der Waals surface area contributed by atoms with Crippen LogP contribution in [0, 0.1) is 11.7 Å². The van der Waals surface area contributed by atoms with Gasteiger partial charge in [-0.25, -0.2) is 4.39 Å². The molecule has 0 amide bonds. The van der Waals surface area contributed by atoms with Gasteiger partial charge in [0.2, 0.25) is 0 Å². The fraction of sp³-hybridized carbons (Fsp3) is 0.417. The van der Waals surface area contributed by atoms with Crippen LogP contribution in [0.15, 0.2) is 18.2 Å². The summed E-state index contributed by atoms with van der Waals surface area (Å²) in [5, 5.41) is 0. The zero-order valence-corrected chi connectivity index (χ0v) is 10.1. The van der Waals surface area contributed by atoms with Gasteiger partial charge in [-0.3, -0.25) is 0 Å². The first kappa shape index (κ1) is 12.3. The van der Waals surface area contributed by atoms with E-state index in [4.69, 9.17) is 27.4 Å². The highest BCUT2D eigenvalue weighted by molar-refractivity contribution is 7.80. The zero-order valence-electron chi connectivity index (χ0n) is 9.32. The van der Waals surface area contributed by atoms with E-state index < -0.39 is 5.82 Å². The fourth-order valence-electron chi connectivity index (χ4n) is 1.38. The molecule has 1 fully saturated rings. The van der Waals surface area contributed by atoms with Gasteiger partial charge in [0.05, 0.1) is 6.61 Å². The van der Waals surface area contributed by atoms with Gasteiger partial charge in [-0.2, -0.15) is 0 Å². The molecule has 1 aliphatic rings. The van der Waals surface area contributed by atoms with E-state index in [-0.39, 0.29) is 17.5 Å². The molecule has 1 aromatic carbocycles. The molecule has 0 radical (unpaired) electrons. The molecule has 0 bridgehead atoms. The van der Waals surface area contributed by atoms with E-state index in [0.29, 0.717) is 18.1 Å². The molecular weight excluding hydrogens is 241 g/mol. The van der Waals surface area contributed by atoms with E-state index in [1.165, 1.54) is 25.0 Å². The molecule has 2 rings (SSSR count). The van der Waals surface area contributed by atoms with Crippen molar-refractivity contribution in [1.82, 2.24) is 0 Å². The Labute approximate surface area is 105 Å². The molecular formula is C12H14FNO2S. The predicted molar refractivity (Wildman–Crippen MR) is 66.5 cm³/mol. The number of thiocarbonyl (C=S) groups is 1. The Bertz CT molecular complexity index is 421. The van der Waals surface area contributed by atoms with Crippen molar-refractivity contribution in [3.05, 3.63) is 29.6 Å². The van der Waals surface area contributed by atoms with E-state index in [1.54, 1.807) is 6.07 Å². The minimum absolute atomic E-state index is 0.0693. The summed E-state index contributed by atoms with van der Waals surface area (Å²) in [4.78, 5) is 0.167. The summed E-state index contributed by atoms with van der Waals surface area (Å²) in [6.07, 6.45) is 2.44. The molecule has 92 valence electrons. The van der Waals surface area contributed by atoms with Gasteiger partial charge >= 0.3 is 0 Å². The minimum atomic E-state index is -0.481. The molecule has 1 saturated carbocycles. The standard InChI is InChI=1S/C12H14FNO2S/c13-10-5-9(12(14)17)3-4-11(10)16-7-15-6-8-1-2-8/h3-5,8H,1-2,6-7H2,(H2,14,17). The molecule has 0 atom stereocenters. The van der Waals surface area contributed by atoms with Crippen molar-refractivity contribution in [1.29, 1.82) is 0 Å². The molecule has 0 heterocycles. The van der Waals surface area contributed by atoms with Crippen LogP contribution in [0.2, 0.25) is 0 Å². The third-order valence-corrected chi connectivity index (χ3v) is 2.80. The molecule has 1 aromatic rings. The quantitative estimate of drug-likeness (QED) is 0.481. The first-order valence-corrected chi connectivity index (χ1v) is 5.87. The van der Waals surface area contributed by atoms with Crippen LogP contribution in [-0.2, 0) is 4.74 Å². The lowest BCUT2D eigenvalue weighted by molar-refractivity contribution is 0.00793. The number of halogens is 1. The summed E-state index contributed by atoms with van der Waals surface area (Å²) in [6, 6.07) is 4.39. The highest BCUT2D eigenvalue weighted by Gasteiger charge is 2.21. The summed E-state index contributed by atoms with van der Waals surface area (Å²) in [5.41, 5.74) is 5.88. The van der Waals surface area contributed by atoms with Crippen molar-refractivity contribution in [2.24, 2.45) is 11.7 Å². The van der Waals surface area contributed by atoms with Gasteiger partial charge in [0.1, 0.15) is 4.99 Å². The van der Waals surface area contributed by atoms with E-state index in [2.05, 4.69) is 0 Å². The average Bonchev–Trinajstić information content (AvgIpc) is 3.09. The van der Waals surface area contributed by atoms with Crippen LogP contribution in [0.5, 0.6) is 5.75 Å². The summed E-state index contributed by atoms with van der Waals surface area (Å²) < 4.78 is 23.9. The Morgan fingerprint density at radius 3 is 2.82 bits per heavy atom. The highest BCUT2D eigenvalue weighted by Crippen LogP contribution is 2.28. The molecule has 3 nitrogen and oxygen atoms in total. The Morgan fingerprint density at radius 2 is 2.24 bits per heavy atom. The molecule has 0 aromatic heterocycles. The molecule has 17 heavy (non-hydrogen) atoms. The Balaban J connectivity index is 1.84. The molecule has 0 unspecified atom stereocenters. The lowest BCUT2D eigenvalue weighted by Crippen LogP contribution is -2.10. The van der Waals surface area contributed by atoms with Gasteiger partial charge in [0, 0.05) is 5.56 Å². The monoisotopic (exact) mass is 255 g/mol. The maximum absolute atomic E-state index is 13.5. The Hall–Kier alpha value is -1.20. The van der Waals surface area contributed by atoms with Crippen molar-refractivity contribution in [2.45, 2.75) is 12.8 Å². The second-order valence-electron chi connectivity index (χ2n) is 4.09. The zero-order chi connectivity index (χ0) is 12.3. The summed E-state index contributed by atoms with van der Waals surface area (Å²) >= 11 is 4.75. The minimum Gasteiger partial charge on any atom is -0.464 e.